The maximum absolute atomic E-state index is 12.5. The fourth-order valence-corrected chi connectivity index (χ4v) is 3.73. The summed E-state index contributed by atoms with van der Waals surface area (Å²) in [7, 11) is 0. The molecular formula is C24H26N4O4. The van der Waals surface area contributed by atoms with Gasteiger partial charge in [-0.25, -0.2) is 0 Å². The molecule has 1 aliphatic heterocycles. The molecule has 166 valence electrons. The predicted octanol–water partition coefficient (Wildman–Crippen LogP) is 1.48. The monoisotopic (exact) mass is 434 g/mol. The van der Waals surface area contributed by atoms with Gasteiger partial charge in [-0.1, -0.05) is 30.3 Å². The zero-order valence-electron chi connectivity index (χ0n) is 17.8. The number of H-pyrrole nitrogens is 1. The van der Waals surface area contributed by atoms with Crippen LogP contribution in [0.15, 0.2) is 65.6 Å². The highest BCUT2D eigenvalue weighted by molar-refractivity contribution is 5.98. The number of hydrogen-bond donors (Lipinski definition) is 2. The number of carbonyl (C=O) groups excluding carboxylic acids is 2. The molecule has 0 saturated carbocycles. The van der Waals surface area contributed by atoms with Gasteiger partial charge in [0.2, 0.25) is 11.3 Å². The van der Waals surface area contributed by atoms with Gasteiger partial charge in [0.1, 0.15) is 17.9 Å². The van der Waals surface area contributed by atoms with Crippen molar-refractivity contribution in [2.45, 2.75) is 0 Å². The van der Waals surface area contributed by atoms with Crippen LogP contribution in [0.5, 0.6) is 5.75 Å². The number of ether oxygens (including phenoxy) is 1. The Labute approximate surface area is 185 Å². The molecule has 1 aliphatic rings. The summed E-state index contributed by atoms with van der Waals surface area (Å²) in [5.41, 5.74) is 0.313. The molecule has 0 atom stereocenters. The maximum atomic E-state index is 12.5. The number of benzene rings is 2. The van der Waals surface area contributed by atoms with E-state index >= 15 is 0 Å². The number of fused-ring (bicyclic) bond motifs is 1. The SMILES string of the molecule is O=C(NCC(=O)N1CCN(CCOc2ccccc2)CC1)c1c[nH]c2ccccc2c1=O. The van der Waals surface area contributed by atoms with Crippen molar-refractivity contribution < 1.29 is 14.3 Å². The second-order valence-corrected chi connectivity index (χ2v) is 7.64. The van der Waals surface area contributed by atoms with Crippen LogP contribution in [0.3, 0.4) is 0 Å². The van der Waals surface area contributed by atoms with Gasteiger partial charge in [0, 0.05) is 49.8 Å². The van der Waals surface area contributed by atoms with Crippen LogP contribution >= 0.6 is 0 Å². The van der Waals surface area contributed by atoms with Crippen LogP contribution in [-0.2, 0) is 4.79 Å². The highest BCUT2D eigenvalue weighted by Gasteiger charge is 2.22. The molecule has 2 N–H and O–H groups in total. The van der Waals surface area contributed by atoms with Gasteiger partial charge in [-0.15, -0.1) is 0 Å². The molecule has 0 bridgehead atoms. The number of aromatic amines is 1. The number of hydrogen-bond acceptors (Lipinski definition) is 5. The Hall–Kier alpha value is -3.65. The van der Waals surface area contributed by atoms with Crippen LogP contribution in [0, 0.1) is 0 Å². The molecule has 8 heteroatoms. The first-order valence-corrected chi connectivity index (χ1v) is 10.7. The van der Waals surface area contributed by atoms with E-state index in [1.807, 2.05) is 36.4 Å². The van der Waals surface area contributed by atoms with Gasteiger partial charge in [0.15, 0.2) is 0 Å². The van der Waals surface area contributed by atoms with E-state index < -0.39 is 5.91 Å². The van der Waals surface area contributed by atoms with Crippen molar-refractivity contribution in [3.63, 3.8) is 0 Å². The molecule has 8 nitrogen and oxygen atoms in total. The van der Waals surface area contributed by atoms with E-state index in [1.54, 1.807) is 23.1 Å². The zero-order chi connectivity index (χ0) is 22.3. The first kappa shape index (κ1) is 21.6. The fourth-order valence-electron chi connectivity index (χ4n) is 3.73. The lowest BCUT2D eigenvalue weighted by atomic mass is 10.1. The Balaban J connectivity index is 1.22. The van der Waals surface area contributed by atoms with Crippen molar-refractivity contribution in [3.8, 4) is 5.75 Å². The van der Waals surface area contributed by atoms with Crippen LogP contribution in [0.1, 0.15) is 10.4 Å². The number of rotatable bonds is 7. The third-order valence-electron chi connectivity index (χ3n) is 5.58. The summed E-state index contributed by atoms with van der Waals surface area (Å²) in [6, 6.07) is 16.7. The lowest BCUT2D eigenvalue weighted by Crippen LogP contribution is -2.51. The Morgan fingerprint density at radius 1 is 0.969 bits per heavy atom. The van der Waals surface area contributed by atoms with Gasteiger partial charge in [-0.05, 0) is 24.3 Å². The summed E-state index contributed by atoms with van der Waals surface area (Å²) >= 11 is 0. The minimum Gasteiger partial charge on any atom is -0.492 e. The van der Waals surface area contributed by atoms with Crippen molar-refractivity contribution >= 4 is 22.7 Å². The minimum absolute atomic E-state index is 0.000245. The molecule has 3 aromatic rings. The summed E-state index contributed by atoms with van der Waals surface area (Å²) < 4.78 is 5.73. The molecule has 0 aliphatic carbocycles. The minimum atomic E-state index is -0.554. The highest BCUT2D eigenvalue weighted by atomic mass is 16.5. The Morgan fingerprint density at radius 3 is 2.47 bits per heavy atom. The number of aromatic nitrogens is 1. The number of carbonyl (C=O) groups is 2. The number of piperazine rings is 1. The van der Waals surface area contributed by atoms with Gasteiger partial charge in [0.05, 0.1) is 6.54 Å². The molecule has 0 spiro atoms. The number of nitrogens with zero attached hydrogens (tertiary/aromatic N) is 2. The zero-order valence-corrected chi connectivity index (χ0v) is 17.8. The maximum Gasteiger partial charge on any atom is 0.257 e. The van der Waals surface area contributed by atoms with E-state index in [-0.39, 0.29) is 23.4 Å². The van der Waals surface area contributed by atoms with Crippen molar-refractivity contribution in [2.24, 2.45) is 0 Å². The molecule has 2 amide bonds. The number of para-hydroxylation sites is 2. The number of pyridine rings is 1. The lowest BCUT2D eigenvalue weighted by Gasteiger charge is -2.34. The van der Waals surface area contributed by atoms with E-state index in [2.05, 4.69) is 15.2 Å². The fraction of sp³-hybridized carbons (Fsp3) is 0.292. The summed E-state index contributed by atoms with van der Waals surface area (Å²) in [6.45, 7) is 3.94. The molecule has 0 unspecified atom stereocenters. The van der Waals surface area contributed by atoms with E-state index in [4.69, 9.17) is 4.74 Å². The molecule has 2 aromatic carbocycles. The van der Waals surface area contributed by atoms with Crippen molar-refractivity contribution in [2.75, 3.05) is 45.9 Å². The van der Waals surface area contributed by atoms with Gasteiger partial charge in [-0.3, -0.25) is 19.3 Å². The summed E-state index contributed by atoms with van der Waals surface area (Å²) in [5.74, 6) is 0.139. The molecule has 1 aromatic heterocycles. The molecular weight excluding hydrogens is 408 g/mol. The Bertz CT molecular complexity index is 1140. The number of nitrogens with one attached hydrogen (secondary N) is 2. The van der Waals surface area contributed by atoms with Crippen molar-refractivity contribution in [1.82, 2.24) is 20.1 Å². The summed E-state index contributed by atoms with van der Waals surface area (Å²) in [6.07, 6.45) is 1.39. The summed E-state index contributed by atoms with van der Waals surface area (Å²) in [4.78, 5) is 44.5. The first-order valence-electron chi connectivity index (χ1n) is 10.7. The topological polar surface area (TPSA) is 94.7 Å². The van der Waals surface area contributed by atoms with Gasteiger partial charge >= 0.3 is 0 Å². The molecule has 0 radical (unpaired) electrons. The second-order valence-electron chi connectivity index (χ2n) is 7.64. The van der Waals surface area contributed by atoms with Crippen LogP contribution < -0.4 is 15.5 Å². The number of amides is 2. The normalized spacial score (nSPS) is 14.3. The Kier molecular flexibility index (Phi) is 6.81. The standard InChI is InChI=1S/C24H26N4O4/c29-22(17-26-24(31)20-16-25-21-9-5-4-8-19(21)23(20)30)28-12-10-27(11-13-28)14-15-32-18-6-2-1-3-7-18/h1-9,16H,10-15,17H2,(H,25,30)(H,26,31). The molecule has 32 heavy (non-hydrogen) atoms. The second kappa shape index (κ2) is 10.1. The predicted molar refractivity (Wildman–Crippen MR) is 122 cm³/mol. The molecule has 1 saturated heterocycles. The van der Waals surface area contributed by atoms with Crippen molar-refractivity contribution in [1.29, 1.82) is 0 Å². The van der Waals surface area contributed by atoms with Gasteiger partial charge in [-0.2, -0.15) is 0 Å². The average molecular weight is 434 g/mol. The highest BCUT2D eigenvalue weighted by Crippen LogP contribution is 2.09. The van der Waals surface area contributed by atoms with Crippen LogP contribution in [0.25, 0.3) is 10.9 Å². The molecule has 1 fully saturated rings. The third kappa shape index (κ3) is 5.15. The lowest BCUT2D eigenvalue weighted by molar-refractivity contribution is -0.131. The summed E-state index contributed by atoms with van der Waals surface area (Å²) in [5, 5.41) is 3.02. The third-order valence-corrected chi connectivity index (χ3v) is 5.58. The average Bonchev–Trinajstić information content (AvgIpc) is 2.84. The van der Waals surface area contributed by atoms with Gasteiger partial charge < -0.3 is 19.9 Å². The Morgan fingerprint density at radius 2 is 1.69 bits per heavy atom. The van der Waals surface area contributed by atoms with Crippen LogP contribution in [-0.4, -0.2) is 72.5 Å². The van der Waals surface area contributed by atoms with E-state index in [9.17, 15) is 14.4 Å². The largest absolute Gasteiger partial charge is 0.492 e. The quantitative estimate of drug-likeness (QED) is 0.588. The van der Waals surface area contributed by atoms with E-state index in [1.165, 1.54) is 6.20 Å². The molecule has 4 rings (SSSR count). The van der Waals surface area contributed by atoms with E-state index in [0.29, 0.717) is 30.6 Å². The van der Waals surface area contributed by atoms with Crippen LogP contribution in [0.2, 0.25) is 0 Å². The molecule has 2 heterocycles. The first-order chi connectivity index (χ1) is 15.6. The van der Waals surface area contributed by atoms with Crippen LogP contribution in [0.4, 0.5) is 0 Å². The smallest absolute Gasteiger partial charge is 0.257 e. The van der Waals surface area contributed by atoms with Gasteiger partial charge in [0.25, 0.3) is 5.91 Å². The van der Waals surface area contributed by atoms with E-state index in [0.717, 1.165) is 25.4 Å². The van der Waals surface area contributed by atoms with Crippen molar-refractivity contribution in [3.05, 3.63) is 76.6 Å².